The fraction of sp³-hybridized carbons (Fsp3) is 0.500. The van der Waals surface area contributed by atoms with Crippen molar-refractivity contribution in [3.63, 3.8) is 0 Å². The van der Waals surface area contributed by atoms with Crippen LogP contribution >= 0.6 is 0 Å². The molecule has 5 nitrogen and oxygen atoms in total. The van der Waals surface area contributed by atoms with Crippen LogP contribution in [0.1, 0.15) is 47.1 Å². The van der Waals surface area contributed by atoms with Crippen LogP contribution in [0.25, 0.3) is 0 Å². The molecular weight excluding hydrogens is 340 g/mol. The van der Waals surface area contributed by atoms with Gasteiger partial charge in [0.1, 0.15) is 12.4 Å². The minimum absolute atomic E-state index is 0.0617. The summed E-state index contributed by atoms with van der Waals surface area (Å²) in [5, 5.41) is 9.13. The monoisotopic (exact) mass is 368 g/mol. The third kappa shape index (κ3) is 3.80. The van der Waals surface area contributed by atoms with E-state index in [2.05, 4.69) is 42.3 Å². The lowest BCUT2D eigenvalue weighted by Gasteiger charge is -2.49. The summed E-state index contributed by atoms with van der Waals surface area (Å²) in [5.41, 5.74) is 1.71. The molecule has 1 aromatic heterocycles. The molecule has 2 fully saturated rings. The number of piperidine rings is 2. The Kier molecular flexibility index (Phi) is 5.06. The second-order valence-electron chi connectivity index (χ2n) is 8.22. The molecule has 1 aromatic carbocycles. The van der Waals surface area contributed by atoms with E-state index >= 15 is 0 Å². The van der Waals surface area contributed by atoms with E-state index in [0.717, 1.165) is 39.0 Å². The van der Waals surface area contributed by atoms with Gasteiger partial charge >= 0.3 is 0 Å². The summed E-state index contributed by atoms with van der Waals surface area (Å²) < 4.78 is 5.43. The Bertz CT molecular complexity index is 778. The number of aliphatic hydroxyl groups is 1. The number of carbonyl (C=O) groups excluding carboxylic acids is 1. The Morgan fingerprint density at radius 3 is 2.59 bits per heavy atom. The number of hydrogen-bond acceptors (Lipinski definition) is 4. The summed E-state index contributed by atoms with van der Waals surface area (Å²) >= 11 is 0. The smallest absolute Gasteiger partial charge is 0.289 e. The van der Waals surface area contributed by atoms with Gasteiger partial charge in [0.15, 0.2) is 5.76 Å². The van der Waals surface area contributed by atoms with Crippen molar-refractivity contribution in [2.45, 2.75) is 31.8 Å². The molecule has 2 aliphatic rings. The first kappa shape index (κ1) is 18.3. The van der Waals surface area contributed by atoms with Gasteiger partial charge in [0.25, 0.3) is 5.91 Å². The van der Waals surface area contributed by atoms with Crippen LogP contribution in [-0.2, 0) is 6.61 Å². The molecule has 2 saturated heterocycles. The lowest BCUT2D eigenvalue weighted by atomic mass is 9.68. The molecule has 0 radical (unpaired) electrons. The maximum absolute atomic E-state index is 12.7. The second-order valence-corrected chi connectivity index (χ2v) is 8.22. The van der Waals surface area contributed by atoms with Crippen molar-refractivity contribution in [1.82, 2.24) is 9.80 Å². The third-order valence-electron chi connectivity index (χ3n) is 6.23. The van der Waals surface area contributed by atoms with Crippen LogP contribution in [0.3, 0.4) is 0 Å². The molecule has 4 rings (SSSR count). The fourth-order valence-corrected chi connectivity index (χ4v) is 4.89. The third-order valence-corrected chi connectivity index (χ3v) is 6.23. The molecule has 0 unspecified atom stereocenters. The number of likely N-dealkylation sites (N-methyl/N-ethyl adjacent to an activating group) is 1. The number of aliphatic hydroxyl groups excluding tert-OH is 1. The predicted octanol–water partition coefficient (Wildman–Crippen LogP) is 3.11. The molecule has 1 N–H and O–H groups in total. The zero-order chi connectivity index (χ0) is 18.9. The Labute approximate surface area is 160 Å². The Hall–Kier alpha value is -2.11. The van der Waals surface area contributed by atoms with Gasteiger partial charge in [-0.05, 0) is 55.3 Å². The van der Waals surface area contributed by atoms with Crippen molar-refractivity contribution < 1.29 is 14.3 Å². The van der Waals surface area contributed by atoms with Crippen LogP contribution in [0.4, 0.5) is 0 Å². The largest absolute Gasteiger partial charge is 0.453 e. The van der Waals surface area contributed by atoms with E-state index in [4.69, 9.17) is 9.52 Å². The van der Waals surface area contributed by atoms with E-state index in [0.29, 0.717) is 17.4 Å². The lowest BCUT2D eigenvalue weighted by molar-refractivity contribution is 0.0209. The van der Waals surface area contributed by atoms with Crippen LogP contribution in [0.2, 0.25) is 0 Å². The van der Waals surface area contributed by atoms with Gasteiger partial charge in [0.05, 0.1) is 0 Å². The first-order valence-corrected chi connectivity index (χ1v) is 9.81. The summed E-state index contributed by atoms with van der Waals surface area (Å²) in [4.78, 5) is 17.0. The number of hydrogen-bond donors (Lipinski definition) is 1. The molecule has 0 saturated carbocycles. The number of benzene rings is 1. The average Bonchev–Trinajstić information content (AvgIpc) is 3.17. The number of rotatable bonds is 3. The molecule has 1 atom stereocenters. The van der Waals surface area contributed by atoms with Crippen LogP contribution in [0.5, 0.6) is 0 Å². The molecule has 1 amide bonds. The molecule has 0 aliphatic carbocycles. The van der Waals surface area contributed by atoms with E-state index in [1.165, 1.54) is 12.0 Å². The predicted molar refractivity (Wildman–Crippen MR) is 103 cm³/mol. The van der Waals surface area contributed by atoms with Gasteiger partial charge in [0.2, 0.25) is 0 Å². The van der Waals surface area contributed by atoms with E-state index in [1.54, 1.807) is 12.1 Å². The summed E-state index contributed by atoms with van der Waals surface area (Å²) in [6.07, 6.45) is 3.25. The van der Waals surface area contributed by atoms with Crippen molar-refractivity contribution in [3.05, 3.63) is 59.5 Å². The van der Waals surface area contributed by atoms with E-state index in [9.17, 15) is 4.79 Å². The molecular formula is C22H28N2O3. The van der Waals surface area contributed by atoms with Crippen LogP contribution in [-0.4, -0.2) is 54.0 Å². The topological polar surface area (TPSA) is 56.9 Å². The molecule has 27 heavy (non-hydrogen) atoms. The van der Waals surface area contributed by atoms with Crippen LogP contribution in [0, 0.1) is 5.41 Å². The lowest BCUT2D eigenvalue weighted by Crippen LogP contribution is -2.51. The number of amides is 1. The van der Waals surface area contributed by atoms with Gasteiger partial charge in [-0.15, -0.1) is 0 Å². The zero-order valence-electron chi connectivity index (χ0n) is 15.9. The van der Waals surface area contributed by atoms with Gasteiger partial charge in [-0.25, -0.2) is 0 Å². The maximum atomic E-state index is 12.7. The van der Waals surface area contributed by atoms with Gasteiger partial charge < -0.3 is 19.3 Å². The van der Waals surface area contributed by atoms with Crippen LogP contribution < -0.4 is 0 Å². The second kappa shape index (κ2) is 7.49. The Morgan fingerprint density at radius 2 is 1.93 bits per heavy atom. The van der Waals surface area contributed by atoms with Crippen molar-refractivity contribution in [2.75, 3.05) is 33.2 Å². The molecule has 0 bridgehead atoms. The SMILES string of the molecule is CN1C[C@@H](c2ccccc2)CC2(CCN(C(=O)c3ccc(CO)o3)CC2)C1. The molecule has 1 spiro atoms. The number of likely N-dealkylation sites (tertiary alicyclic amines) is 2. The van der Waals surface area contributed by atoms with Crippen molar-refractivity contribution in [1.29, 1.82) is 0 Å². The van der Waals surface area contributed by atoms with Gasteiger partial charge in [-0.1, -0.05) is 30.3 Å². The molecule has 2 aromatic rings. The number of carbonyl (C=O) groups is 1. The molecule has 144 valence electrons. The minimum Gasteiger partial charge on any atom is -0.453 e. The highest BCUT2D eigenvalue weighted by Crippen LogP contribution is 2.44. The molecule has 5 heteroatoms. The Morgan fingerprint density at radius 1 is 1.19 bits per heavy atom. The summed E-state index contributed by atoms with van der Waals surface area (Å²) in [7, 11) is 2.22. The molecule has 2 aliphatic heterocycles. The van der Waals surface area contributed by atoms with Crippen molar-refractivity contribution in [3.8, 4) is 0 Å². The van der Waals surface area contributed by atoms with Gasteiger partial charge in [-0.2, -0.15) is 0 Å². The zero-order valence-corrected chi connectivity index (χ0v) is 15.9. The van der Waals surface area contributed by atoms with Crippen LogP contribution in [0.15, 0.2) is 46.9 Å². The van der Waals surface area contributed by atoms with Gasteiger partial charge in [-0.3, -0.25) is 4.79 Å². The first-order chi connectivity index (χ1) is 13.1. The summed E-state index contributed by atoms with van der Waals surface area (Å²) in [6, 6.07) is 14.1. The highest BCUT2D eigenvalue weighted by molar-refractivity contribution is 5.91. The normalized spacial score (nSPS) is 22.9. The average molecular weight is 368 g/mol. The fourth-order valence-electron chi connectivity index (χ4n) is 4.89. The highest BCUT2D eigenvalue weighted by atomic mass is 16.4. The van der Waals surface area contributed by atoms with Gasteiger partial charge in [0, 0.05) is 26.2 Å². The standard InChI is InChI=1S/C22H28N2O3/c1-23-14-18(17-5-3-2-4-6-17)13-22(16-23)9-11-24(12-10-22)21(26)20-8-7-19(15-25)27-20/h2-8,18,25H,9-16H2,1H3/t18-/m0/s1. The molecule has 3 heterocycles. The number of nitrogens with zero attached hydrogens (tertiary/aromatic N) is 2. The van der Waals surface area contributed by atoms with Crippen molar-refractivity contribution in [2.24, 2.45) is 5.41 Å². The minimum atomic E-state index is -0.177. The van der Waals surface area contributed by atoms with E-state index < -0.39 is 0 Å². The summed E-state index contributed by atoms with van der Waals surface area (Å²) in [5.74, 6) is 1.27. The first-order valence-electron chi connectivity index (χ1n) is 9.81. The van der Waals surface area contributed by atoms with E-state index in [1.807, 2.05) is 4.90 Å². The number of furan rings is 1. The maximum Gasteiger partial charge on any atom is 0.289 e. The van der Waals surface area contributed by atoms with E-state index in [-0.39, 0.29) is 17.9 Å². The summed E-state index contributed by atoms with van der Waals surface area (Å²) in [6.45, 7) is 3.56. The Balaban J connectivity index is 1.43. The quantitative estimate of drug-likeness (QED) is 0.904. The highest BCUT2D eigenvalue weighted by Gasteiger charge is 2.42. The van der Waals surface area contributed by atoms with Crippen molar-refractivity contribution >= 4 is 5.91 Å².